The molecule has 1 heterocycles. The van der Waals surface area contributed by atoms with Crippen molar-refractivity contribution in [1.29, 1.82) is 0 Å². The minimum Gasteiger partial charge on any atom is -0.394 e. The molecule has 0 spiro atoms. The third-order valence-electron chi connectivity index (χ3n) is 2.43. The topological polar surface area (TPSA) is 108 Å². The maximum atomic E-state index is 11.2. The second-order valence-electron chi connectivity index (χ2n) is 3.65. The van der Waals surface area contributed by atoms with Crippen LogP contribution in [0.5, 0.6) is 0 Å². The van der Waals surface area contributed by atoms with Crippen molar-refractivity contribution in [3.05, 3.63) is 0 Å². The van der Waals surface area contributed by atoms with Gasteiger partial charge in [-0.05, 0) is 6.85 Å². The van der Waals surface area contributed by atoms with Gasteiger partial charge in [0.25, 0.3) is 0 Å². The van der Waals surface area contributed by atoms with Gasteiger partial charge in [-0.25, -0.2) is 0 Å². The van der Waals surface area contributed by atoms with Crippen LogP contribution in [-0.4, -0.2) is 65.0 Å². The van der Waals surface area contributed by atoms with E-state index in [1.54, 1.807) is 0 Å². The Bertz CT molecular complexity index is 406. The highest BCUT2D eigenvalue weighted by molar-refractivity contribution is 5.73. The first-order valence-corrected chi connectivity index (χ1v) is 4.98. The monoisotopic (exact) mass is 254 g/mol. The summed E-state index contributed by atoms with van der Waals surface area (Å²) in [6.07, 6.45) is -6.25. The first-order chi connectivity index (χ1) is 9.90. The lowest BCUT2D eigenvalue weighted by Crippen LogP contribution is -2.64. The Labute approximate surface area is 106 Å². The van der Waals surface area contributed by atoms with Crippen molar-refractivity contribution in [1.82, 2.24) is 5.32 Å². The maximum absolute atomic E-state index is 11.2. The van der Waals surface area contributed by atoms with Crippen LogP contribution < -0.4 is 5.32 Å². The molecule has 4 N–H and O–H groups in total. The Hall–Kier alpha value is -0.730. The zero-order valence-corrected chi connectivity index (χ0v) is 9.16. The molecule has 0 bridgehead atoms. The van der Waals surface area contributed by atoms with Crippen LogP contribution in [0.3, 0.4) is 0 Å². The van der Waals surface area contributed by atoms with Gasteiger partial charge in [0.1, 0.15) is 24.4 Å². The molecule has 0 aromatic rings. The van der Waals surface area contributed by atoms with Crippen molar-refractivity contribution in [2.24, 2.45) is 0 Å². The predicted molar refractivity (Wildman–Crippen MR) is 57.0 cm³/mol. The molecule has 1 amide bonds. The summed E-state index contributed by atoms with van der Waals surface area (Å²) in [5.41, 5.74) is 0. The average molecular weight is 254 g/mol. The van der Waals surface area contributed by atoms with Crippen molar-refractivity contribution in [2.45, 2.75) is 44.4 Å². The second kappa shape index (κ2) is 6.27. The highest BCUT2D eigenvalue weighted by Gasteiger charge is 2.45. The third kappa shape index (κ3) is 3.36. The van der Waals surface area contributed by atoms with E-state index in [1.165, 1.54) is 0 Å². The highest BCUT2D eigenvalue weighted by atomic mass is 16.7. The van der Waals surface area contributed by atoms with Gasteiger partial charge in [-0.3, -0.25) is 4.79 Å². The van der Waals surface area contributed by atoms with E-state index in [-0.39, 0.29) is 0 Å². The van der Waals surface area contributed by atoms with Gasteiger partial charge in [0.05, 0.1) is 9.35 Å². The van der Waals surface area contributed by atoms with Crippen molar-refractivity contribution in [3.8, 4) is 0 Å². The van der Waals surface area contributed by atoms with Gasteiger partial charge < -0.3 is 30.1 Å². The first-order valence-electron chi connectivity index (χ1n) is 7.48. The molecule has 0 aromatic heterocycles. The number of carbonyl (C=O) groups excluding carboxylic acids is 1. The molecule has 7 heteroatoms. The number of carbonyl (C=O) groups is 1. The molecular formula is C10H19NO6. The third-order valence-corrected chi connectivity index (χ3v) is 2.43. The summed E-state index contributed by atoms with van der Waals surface area (Å²) in [4.78, 5) is 11.2. The lowest BCUT2D eigenvalue weighted by molar-refractivity contribution is -0.268. The standard InChI is InChI=1S/C10H19NO6/c1-3-16-10-7(11-5(2)13)9(15)8(14)6(4-12)17-10/h6-10,12,14-15H,3-4H2,1-2H3,(H,11,13)/t6-,7-,8-,9-,10-/m1/s1/i1D3,3D2. The normalized spacial score (nSPS) is 43.8. The van der Waals surface area contributed by atoms with E-state index in [1.807, 2.05) is 0 Å². The number of nitrogens with one attached hydrogen (secondary N) is 1. The second-order valence-corrected chi connectivity index (χ2v) is 3.65. The number of aliphatic hydroxyl groups excluding tert-OH is 3. The van der Waals surface area contributed by atoms with Gasteiger partial charge in [0, 0.05) is 17.6 Å². The molecule has 1 aliphatic heterocycles. The van der Waals surface area contributed by atoms with E-state index >= 15 is 0 Å². The van der Waals surface area contributed by atoms with Crippen LogP contribution in [0.2, 0.25) is 0 Å². The molecule has 0 unspecified atom stereocenters. The van der Waals surface area contributed by atoms with Crippen molar-refractivity contribution >= 4 is 5.91 Å². The fourth-order valence-electron chi connectivity index (χ4n) is 1.63. The predicted octanol–water partition coefficient (Wildman–Crippen LogP) is -2.03. The minimum absolute atomic E-state index is 0.634. The summed E-state index contributed by atoms with van der Waals surface area (Å²) < 4.78 is 45.9. The Morgan fingerprint density at radius 3 is 2.82 bits per heavy atom. The fourth-order valence-corrected chi connectivity index (χ4v) is 1.63. The fraction of sp³-hybridized carbons (Fsp3) is 0.900. The van der Waals surface area contributed by atoms with Crippen LogP contribution in [0.15, 0.2) is 0 Å². The number of aliphatic hydroxyl groups is 3. The molecule has 1 fully saturated rings. The molecule has 0 aromatic carbocycles. The Balaban J connectivity index is 3.02. The molecule has 1 rings (SSSR count). The summed E-state index contributed by atoms with van der Waals surface area (Å²) in [6.45, 7) is -5.89. The van der Waals surface area contributed by atoms with Crippen molar-refractivity contribution in [3.63, 3.8) is 0 Å². The Kier molecular flexibility index (Phi) is 3.09. The van der Waals surface area contributed by atoms with Gasteiger partial charge >= 0.3 is 0 Å². The highest BCUT2D eigenvalue weighted by Crippen LogP contribution is 2.21. The van der Waals surface area contributed by atoms with Crippen molar-refractivity contribution in [2.75, 3.05) is 13.2 Å². The SMILES string of the molecule is [2H]C([2H])([2H])C([2H])([2H])O[C@@H]1O[C@H](CO)[C@@H](O)[C@H](O)[C@H]1NC(C)=O. The summed E-state index contributed by atoms with van der Waals surface area (Å²) in [5, 5.41) is 31.0. The van der Waals surface area contributed by atoms with Crippen LogP contribution >= 0.6 is 0 Å². The first kappa shape index (κ1) is 8.39. The number of rotatable bonds is 4. The number of hydrogen-bond donors (Lipinski definition) is 4. The number of amides is 1. The minimum atomic E-state index is -3.15. The summed E-state index contributed by atoms with van der Waals surface area (Å²) in [6, 6.07) is -1.41. The van der Waals surface area contributed by atoms with Gasteiger partial charge in [-0.15, -0.1) is 0 Å². The van der Waals surface area contributed by atoms with Crippen LogP contribution in [0.1, 0.15) is 20.6 Å². The van der Waals surface area contributed by atoms with Gasteiger partial charge in [0.2, 0.25) is 5.91 Å². The molecule has 100 valence electrons. The van der Waals surface area contributed by atoms with Gasteiger partial charge in [0.15, 0.2) is 6.29 Å². The molecule has 17 heavy (non-hydrogen) atoms. The quantitative estimate of drug-likeness (QED) is 0.460. The van der Waals surface area contributed by atoms with Crippen LogP contribution in [0.4, 0.5) is 0 Å². The lowest BCUT2D eigenvalue weighted by atomic mass is 9.97. The van der Waals surface area contributed by atoms with Crippen molar-refractivity contribution < 1.29 is 36.4 Å². The Morgan fingerprint density at radius 1 is 1.59 bits per heavy atom. The Morgan fingerprint density at radius 2 is 2.29 bits per heavy atom. The van der Waals surface area contributed by atoms with E-state index in [9.17, 15) is 15.0 Å². The zero-order chi connectivity index (χ0) is 17.3. The average Bonchev–Trinajstić information content (AvgIpc) is 2.36. The lowest BCUT2D eigenvalue weighted by Gasteiger charge is -2.42. The molecular weight excluding hydrogens is 230 g/mol. The van der Waals surface area contributed by atoms with E-state index in [0.29, 0.717) is 0 Å². The largest absolute Gasteiger partial charge is 0.394 e. The summed E-state index contributed by atoms with van der Waals surface area (Å²) in [7, 11) is 0. The van der Waals surface area contributed by atoms with E-state index < -0.39 is 56.6 Å². The van der Waals surface area contributed by atoms with Gasteiger partial charge in [-0.2, -0.15) is 0 Å². The number of ether oxygens (including phenoxy) is 2. The molecule has 5 atom stereocenters. The molecule has 0 aliphatic carbocycles. The molecule has 7 nitrogen and oxygen atoms in total. The van der Waals surface area contributed by atoms with Crippen LogP contribution in [0, 0.1) is 0 Å². The van der Waals surface area contributed by atoms with E-state index in [4.69, 9.17) is 21.4 Å². The van der Waals surface area contributed by atoms with Crippen LogP contribution in [-0.2, 0) is 14.3 Å². The maximum Gasteiger partial charge on any atom is 0.217 e. The van der Waals surface area contributed by atoms with Crippen LogP contribution in [0.25, 0.3) is 0 Å². The number of hydrogen-bond acceptors (Lipinski definition) is 6. The zero-order valence-electron chi connectivity index (χ0n) is 14.2. The molecule has 0 radical (unpaired) electrons. The van der Waals surface area contributed by atoms with E-state index in [0.717, 1.165) is 6.92 Å². The smallest absolute Gasteiger partial charge is 0.217 e. The molecule has 0 saturated carbocycles. The molecule has 1 aliphatic rings. The van der Waals surface area contributed by atoms with E-state index in [2.05, 4.69) is 5.32 Å². The summed E-state index contributed by atoms with van der Waals surface area (Å²) in [5.74, 6) is -0.634. The summed E-state index contributed by atoms with van der Waals surface area (Å²) >= 11 is 0. The molecule has 1 saturated heterocycles. The van der Waals surface area contributed by atoms with Gasteiger partial charge in [-0.1, -0.05) is 0 Å².